The smallest absolute Gasteiger partial charge is 0.342 e. The van der Waals surface area contributed by atoms with Crippen molar-refractivity contribution in [2.45, 2.75) is 25.2 Å². The SMILES string of the molecule is Cc1cc2c(c(=O)o1)[C@@H](O)[C@H]1O[C@@H]1C2=O. The van der Waals surface area contributed by atoms with Crippen LogP contribution in [0.5, 0.6) is 0 Å². The van der Waals surface area contributed by atoms with Crippen LogP contribution in [-0.2, 0) is 4.74 Å². The zero-order valence-corrected chi connectivity index (χ0v) is 7.89. The van der Waals surface area contributed by atoms with Gasteiger partial charge in [-0.15, -0.1) is 0 Å². The molecule has 2 aliphatic rings. The summed E-state index contributed by atoms with van der Waals surface area (Å²) in [5.41, 5.74) is -0.390. The first-order valence-electron chi connectivity index (χ1n) is 4.62. The number of ether oxygens (including phenoxy) is 1. The quantitative estimate of drug-likeness (QED) is 0.604. The lowest BCUT2D eigenvalue weighted by molar-refractivity contribution is 0.0936. The molecule has 5 heteroatoms. The summed E-state index contributed by atoms with van der Waals surface area (Å²) in [4.78, 5) is 23.2. The van der Waals surface area contributed by atoms with E-state index in [1.54, 1.807) is 6.92 Å². The van der Waals surface area contributed by atoms with Crippen LogP contribution in [0.4, 0.5) is 0 Å². The molecule has 1 N–H and O–H groups in total. The highest BCUT2D eigenvalue weighted by molar-refractivity contribution is 6.04. The molecule has 0 amide bonds. The molecular formula is C10H8O5. The number of ketones is 1. The molecule has 1 aromatic heterocycles. The van der Waals surface area contributed by atoms with E-state index in [0.29, 0.717) is 5.76 Å². The Balaban J connectivity index is 2.30. The van der Waals surface area contributed by atoms with Gasteiger partial charge in [-0.3, -0.25) is 4.79 Å². The largest absolute Gasteiger partial charge is 0.428 e. The fourth-order valence-corrected chi connectivity index (χ4v) is 2.00. The van der Waals surface area contributed by atoms with Crippen molar-refractivity contribution in [2.75, 3.05) is 0 Å². The second-order valence-corrected chi connectivity index (χ2v) is 3.80. The van der Waals surface area contributed by atoms with E-state index >= 15 is 0 Å². The van der Waals surface area contributed by atoms with Crippen molar-refractivity contribution in [3.63, 3.8) is 0 Å². The van der Waals surface area contributed by atoms with Gasteiger partial charge in [0.1, 0.15) is 24.1 Å². The van der Waals surface area contributed by atoms with Crippen LogP contribution >= 0.6 is 0 Å². The molecule has 15 heavy (non-hydrogen) atoms. The van der Waals surface area contributed by atoms with Gasteiger partial charge in [0, 0.05) is 5.56 Å². The Labute approximate surface area is 84.3 Å². The average Bonchev–Trinajstić information content (AvgIpc) is 2.92. The van der Waals surface area contributed by atoms with E-state index in [0.717, 1.165) is 0 Å². The zero-order chi connectivity index (χ0) is 10.7. The number of aliphatic hydroxyl groups is 1. The fraction of sp³-hybridized carbons (Fsp3) is 0.400. The molecule has 3 atom stereocenters. The summed E-state index contributed by atoms with van der Waals surface area (Å²) in [7, 11) is 0. The van der Waals surface area contributed by atoms with Crippen molar-refractivity contribution in [2.24, 2.45) is 0 Å². The maximum Gasteiger partial charge on any atom is 0.342 e. The Bertz CT molecular complexity index is 515. The number of Topliss-reactive ketones (excluding diaryl/α,β-unsaturated/α-hetero) is 1. The number of fused-ring (bicyclic) bond motifs is 2. The standard InChI is InChI=1S/C10H8O5/c1-3-2-4-5(10(13)14-3)7(12)9-8(15-9)6(4)11/h2,7-9,12H,1H3/t7-,8-,9-/m1/s1. The highest BCUT2D eigenvalue weighted by atomic mass is 16.6. The number of hydrogen-bond acceptors (Lipinski definition) is 5. The van der Waals surface area contributed by atoms with Gasteiger partial charge in [-0.2, -0.15) is 0 Å². The summed E-state index contributed by atoms with van der Waals surface area (Å²) in [6, 6.07) is 1.47. The first kappa shape index (κ1) is 8.82. The van der Waals surface area contributed by atoms with E-state index < -0.39 is 23.9 Å². The van der Waals surface area contributed by atoms with Crippen molar-refractivity contribution >= 4 is 5.78 Å². The van der Waals surface area contributed by atoms with E-state index in [1.165, 1.54) is 6.07 Å². The van der Waals surface area contributed by atoms with Crippen LogP contribution in [0.15, 0.2) is 15.3 Å². The summed E-state index contributed by atoms with van der Waals surface area (Å²) < 4.78 is 9.84. The normalized spacial score (nSPS) is 32.1. The van der Waals surface area contributed by atoms with E-state index in [1.807, 2.05) is 0 Å². The van der Waals surface area contributed by atoms with Crippen molar-refractivity contribution in [3.05, 3.63) is 33.4 Å². The molecule has 0 aromatic carbocycles. The van der Waals surface area contributed by atoms with Gasteiger partial charge in [-0.25, -0.2) is 4.79 Å². The van der Waals surface area contributed by atoms with Crippen LogP contribution in [-0.4, -0.2) is 23.1 Å². The number of aliphatic hydroxyl groups excluding tert-OH is 1. The molecule has 0 radical (unpaired) electrons. The summed E-state index contributed by atoms with van der Waals surface area (Å²) in [5.74, 6) is 0.120. The van der Waals surface area contributed by atoms with Crippen LogP contribution in [0.25, 0.3) is 0 Å². The molecule has 5 nitrogen and oxygen atoms in total. The summed E-state index contributed by atoms with van der Waals surface area (Å²) >= 11 is 0. The maximum atomic E-state index is 11.7. The van der Waals surface area contributed by atoms with Gasteiger partial charge in [0.15, 0.2) is 5.78 Å². The van der Waals surface area contributed by atoms with E-state index in [9.17, 15) is 14.7 Å². The van der Waals surface area contributed by atoms with Gasteiger partial charge in [0.2, 0.25) is 0 Å². The Morgan fingerprint density at radius 1 is 1.40 bits per heavy atom. The van der Waals surface area contributed by atoms with E-state index in [2.05, 4.69) is 0 Å². The molecule has 0 unspecified atom stereocenters. The highest BCUT2D eigenvalue weighted by Gasteiger charge is 2.56. The average molecular weight is 208 g/mol. The molecule has 3 rings (SSSR count). The number of carbonyl (C=O) groups excluding carboxylic acids is 1. The molecule has 0 saturated carbocycles. The number of epoxide rings is 1. The minimum Gasteiger partial charge on any atom is -0.428 e. The van der Waals surface area contributed by atoms with Gasteiger partial charge < -0.3 is 14.3 Å². The molecule has 1 aliphatic heterocycles. The van der Waals surface area contributed by atoms with E-state index in [4.69, 9.17) is 9.15 Å². The van der Waals surface area contributed by atoms with Crippen LogP contribution < -0.4 is 5.63 Å². The van der Waals surface area contributed by atoms with Gasteiger partial charge in [-0.05, 0) is 13.0 Å². The van der Waals surface area contributed by atoms with Crippen LogP contribution in [0, 0.1) is 6.92 Å². The summed E-state index contributed by atoms with van der Waals surface area (Å²) in [6.45, 7) is 1.58. The minimum absolute atomic E-state index is 0.0318. The number of aryl methyl sites for hydroxylation is 1. The lowest BCUT2D eigenvalue weighted by Crippen LogP contribution is -2.30. The molecular weight excluding hydrogens is 200 g/mol. The van der Waals surface area contributed by atoms with Gasteiger partial charge >= 0.3 is 5.63 Å². The summed E-state index contributed by atoms with van der Waals surface area (Å²) in [5, 5.41) is 9.72. The minimum atomic E-state index is -1.04. The van der Waals surface area contributed by atoms with Crippen molar-refractivity contribution < 1.29 is 19.1 Å². The molecule has 1 saturated heterocycles. The van der Waals surface area contributed by atoms with Crippen LogP contribution in [0.2, 0.25) is 0 Å². The molecule has 0 spiro atoms. The number of rotatable bonds is 0. The van der Waals surface area contributed by atoms with Crippen molar-refractivity contribution in [3.8, 4) is 0 Å². The van der Waals surface area contributed by atoms with Crippen molar-refractivity contribution in [1.82, 2.24) is 0 Å². The lowest BCUT2D eigenvalue weighted by Gasteiger charge is -2.14. The lowest BCUT2D eigenvalue weighted by atomic mass is 9.90. The van der Waals surface area contributed by atoms with E-state index in [-0.39, 0.29) is 16.9 Å². The molecule has 1 aromatic rings. The predicted octanol–water partition coefficient (Wildman–Crippen LogP) is -0.0547. The molecule has 1 aliphatic carbocycles. The van der Waals surface area contributed by atoms with Gasteiger partial charge in [0.25, 0.3) is 0 Å². The van der Waals surface area contributed by atoms with Crippen LogP contribution in [0.1, 0.15) is 27.8 Å². The Morgan fingerprint density at radius 3 is 2.87 bits per heavy atom. The summed E-state index contributed by atoms with van der Waals surface area (Å²) in [6.07, 6.45) is -2.18. The first-order valence-corrected chi connectivity index (χ1v) is 4.62. The topological polar surface area (TPSA) is 80.0 Å². The molecule has 78 valence electrons. The molecule has 1 fully saturated rings. The first-order chi connectivity index (χ1) is 7.09. The zero-order valence-electron chi connectivity index (χ0n) is 7.89. The predicted molar refractivity (Wildman–Crippen MR) is 47.7 cm³/mol. The number of carbonyl (C=O) groups is 1. The van der Waals surface area contributed by atoms with Gasteiger partial charge in [0.05, 0.1) is 5.56 Å². The highest BCUT2D eigenvalue weighted by Crippen LogP contribution is 2.41. The Kier molecular flexibility index (Phi) is 1.50. The fourth-order valence-electron chi connectivity index (χ4n) is 2.00. The molecule has 0 bridgehead atoms. The Morgan fingerprint density at radius 2 is 2.13 bits per heavy atom. The maximum absolute atomic E-state index is 11.7. The number of hydrogen-bond donors (Lipinski definition) is 1. The third-order valence-electron chi connectivity index (χ3n) is 2.77. The monoisotopic (exact) mass is 208 g/mol. The molecule has 2 heterocycles. The van der Waals surface area contributed by atoms with Gasteiger partial charge in [-0.1, -0.05) is 0 Å². The second-order valence-electron chi connectivity index (χ2n) is 3.80. The van der Waals surface area contributed by atoms with Crippen molar-refractivity contribution in [1.29, 1.82) is 0 Å². The Hall–Kier alpha value is -1.46. The van der Waals surface area contributed by atoms with Crippen LogP contribution in [0.3, 0.4) is 0 Å². The third-order valence-corrected chi connectivity index (χ3v) is 2.77. The third kappa shape index (κ3) is 1.04. The second kappa shape index (κ2) is 2.56.